The number of alkyl halides is 3. The van der Waals surface area contributed by atoms with Crippen LogP contribution in [0, 0.1) is 23.1 Å². The number of aldehydes is 1. The number of nitrogens with one attached hydrogen (secondary N) is 3. The van der Waals surface area contributed by atoms with Gasteiger partial charge in [-0.3, -0.25) is 4.79 Å². The third-order valence-corrected chi connectivity index (χ3v) is 7.04. The van der Waals surface area contributed by atoms with Crippen molar-refractivity contribution in [3.63, 3.8) is 0 Å². The van der Waals surface area contributed by atoms with E-state index in [2.05, 4.69) is 22.9 Å². The number of allylic oxidation sites excluding steroid dienone is 4. The summed E-state index contributed by atoms with van der Waals surface area (Å²) in [5, 5.41) is 26.9. The number of aliphatic hydroxyl groups excluding tert-OH is 1. The van der Waals surface area contributed by atoms with Crippen LogP contribution in [-0.2, 0) is 16.1 Å². The molecule has 4 N–H and O–H groups in total. The summed E-state index contributed by atoms with van der Waals surface area (Å²) in [6, 6.07) is 19.7. The molecule has 0 saturated heterocycles. The van der Waals surface area contributed by atoms with Gasteiger partial charge in [-0.1, -0.05) is 90.8 Å². The first-order valence-corrected chi connectivity index (χ1v) is 18.4. The van der Waals surface area contributed by atoms with Crippen molar-refractivity contribution in [2.24, 2.45) is 5.92 Å². The van der Waals surface area contributed by atoms with Gasteiger partial charge in [-0.05, 0) is 92.3 Å². The highest BCUT2D eigenvalue weighted by Crippen LogP contribution is 2.29. The number of anilines is 2. The zero-order valence-corrected chi connectivity index (χ0v) is 33.7. The third kappa shape index (κ3) is 20.8. The summed E-state index contributed by atoms with van der Waals surface area (Å²) < 4.78 is 57.5. The monoisotopic (exact) mass is 770 g/mol. The first kappa shape index (κ1) is 49.9. The van der Waals surface area contributed by atoms with Crippen molar-refractivity contribution in [3.8, 4) is 6.07 Å². The Morgan fingerprint density at radius 2 is 1.58 bits per heavy atom. The van der Waals surface area contributed by atoms with Crippen molar-refractivity contribution in [1.29, 1.82) is 5.26 Å². The zero-order chi connectivity index (χ0) is 42.2. The Morgan fingerprint density at radius 3 is 2.05 bits per heavy atom. The van der Waals surface area contributed by atoms with Crippen LogP contribution in [0.2, 0.25) is 0 Å². The molecule has 12 heteroatoms. The van der Waals surface area contributed by atoms with Crippen molar-refractivity contribution in [3.05, 3.63) is 118 Å². The quantitative estimate of drug-likeness (QED) is 0.0700. The third-order valence-electron chi connectivity index (χ3n) is 7.04. The van der Waals surface area contributed by atoms with Gasteiger partial charge in [-0.25, -0.2) is 9.18 Å². The molecule has 55 heavy (non-hydrogen) atoms. The van der Waals surface area contributed by atoms with Crippen molar-refractivity contribution >= 4 is 23.8 Å². The Balaban J connectivity index is 0.000000923. The van der Waals surface area contributed by atoms with Crippen LogP contribution in [0.1, 0.15) is 110 Å². The van der Waals surface area contributed by atoms with Gasteiger partial charge in [0.2, 0.25) is 0 Å². The highest BCUT2D eigenvalue weighted by molar-refractivity contribution is 5.80. The average Bonchev–Trinajstić information content (AvgIpc) is 3.96. The highest BCUT2D eigenvalue weighted by atomic mass is 19.4. The molecule has 3 aromatic carbocycles. The Morgan fingerprint density at radius 1 is 1.00 bits per heavy atom. The van der Waals surface area contributed by atoms with Gasteiger partial charge >= 0.3 is 12.3 Å². The summed E-state index contributed by atoms with van der Waals surface area (Å²) in [7, 11) is 1.62. The summed E-state index contributed by atoms with van der Waals surface area (Å²) in [6.07, 6.45) is -0.733. The molecular formula is C43H58F4N4O4. The van der Waals surface area contributed by atoms with Gasteiger partial charge in [-0.15, -0.1) is 0 Å². The Bertz CT molecular complexity index is 1690. The molecule has 3 aromatic rings. The number of rotatable bonds is 10. The molecule has 8 nitrogen and oxygen atoms in total. The van der Waals surface area contributed by atoms with E-state index in [-0.39, 0.29) is 24.5 Å². The maximum Gasteiger partial charge on any atom is 0.416 e. The van der Waals surface area contributed by atoms with Crippen LogP contribution in [0.15, 0.2) is 90.2 Å². The largest absolute Gasteiger partial charge is 0.444 e. The summed E-state index contributed by atoms with van der Waals surface area (Å²) >= 11 is 0. The van der Waals surface area contributed by atoms with Crippen LogP contribution in [0.4, 0.5) is 33.7 Å². The molecule has 0 radical (unpaired) electrons. The predicted molar refractivity (Wildman–Crippen MR) is 214 cm³/mol. The number of nitriles is 1. The molecule has 1 aliphatic rings. The van der Waals surface area contributed by atoms with Crippen LogP contribution >= 0.6 is 0 Å². The minimum Gasteiger partial charge on any atom is -0.444 e. The minimum atomic E-state index is -4.55. The molecule has 302 valence electrons. The summed E-state index contributed by atoms with van der Waals surface area (Å²) in [4.78, 5) is 22.9. The highest BCUT2D eigenvalue weighted by Gasteiger charge is 2.32. The number of benzene rings is 3. The fraction of sp³-hybridized carbons (Fsp3) is 0.419. The van der Waals surface area contributed by atoms with Crippen LogP contribution in [0.25, 0.3) is 0 Å². The van der Waals surface area contributed by atoms with Crippen molar-refractivity contribution < 1.29 is 37.0 Å². The van der Waals surface area contributed by atoms with Gasteiger partial charge < -0.3 is 25.8 Å². The second-order valence-corrected chi connectivity index (χ2v) is 12.8. The zero-order valence-electron chi connectivity index (χ0n) is 33.7. The first-order valence-electron chi connectivity index (χ1n) is 18.4. The average molecular weight is 771 g/mol. The predicted octanol–water partition coefficient (Wildman–Crippen LogP) is 11.4. The summed E-state index contributed by atoms with van der Waals surface area (Å²) in [5.74, 6) is 0.721. The van der Waals surface area contributed by atoms with Crippen molar-refractivity contribution in [2.75, 3.05) is 17.7 Å². The molecule has 1 saturated carbocycles. The lowest BCUT2D eigenvalue weighted by Gasteiger charge is -2.19. The number of nitrogens with zero attached hydrogens (tertiary/aromatic N) is 1. The Kier molecular flexibility index (Phi) is 23.4. The molecule has 0 aliphatic heterocycles. The lowest BCUT2D eigenvalue weighted by molar-refractivity contribution is -0.104. The molecule has 0 spiro atoms. The molecular weight excluding hydrogens is 712 g/mol. The van der Waals surface area contributed by atoms with Crippen LogP contribution in [-0.4, -0.2) is 36.3 Å². The smallest absolute Gasteiger partial charge is 0.416 e. The molecule has 1 atom stereocenters. The number of hydrogen-bond donors (Lipinski definition) is 4. The van der Waals surface area contributed by atoms with Gasteiger partial charge in [0.1, 0.15) is 17.5 Å². The summed E-state index contributed by atoms with van der Waals surface area (Å²) in [6.45, 7) is 17.2. The molecule has 1 aliphatic carbocycles. The number of carbonyl (C=O) groups is 2. The number of halogens is 4. The molecule has 4 rings (SSSR count). The summed E-state index contributed by atoms with van der Waals surface area (Å²) in [5.41, 5.74) is 1.47. The van der Waals surface area contributed by atoms with E-state index in [1.165, 1.54) is 18.9 Å². The standard InChI is InChI=1S/C20H25F3N2O3.C15H13FN2O.C4H8.2C2H6/c1-5-7-15(20(21,22)23)11-17(13-26)25-16-9-6-8-14(10-16)12-24-18(27)28-19(2,3)4;1-18-14-8-12(6-7-13(14)16)15(19)11-4-2-10(9-17)3-5-11;1-4-2-3-4;2*1-2/h6-11,13,25H,5,12H2,1-4H3,(H,24,27);2-8,15,18-19H,1H3;4H,2-3H2,1H3;2*1-2H3/b15-7-,17-11-;;;;. The van der Waals surface area contributed by atoms with Gasteiger partial charge in [0.15, 0.2) is 6.29 Å². The molecule has 1 fully saturated rings. The SMILES string of the molecule is CC.CC.CC/C=C(/C=C(/C=O)Nc1cccc(CNC(=O)OC(C)(C)C)c1)C(F)(F)F.CC1CC1.CNc1cc(C(O)c2ccc(C#N)cc2)ccc1F. The van der Waals surface area contributed by atoms with Crippen LogP contribution < -0.4 is 16.0 Å². The van der Waals surface area contributed by atoms with Gasteiger partial charge in [0.05, 0.1) is 28.6 Å². The molecule has 0 heterocycles. The number of alkyl carbamates (subject to hydrolysis) is 1. The molecule has 0 aromatic heterocycles. The van der Waals surface area contributed by atoms with Crippen molar-refractivity contribution in [1.82, 2.24) is 5.32 Å². The minimum absolute atomic E-state index is 0.161. The van der Waals surface area contributed by atoms with E-state index in [1.807, 2.05) is 33.8 Å². The number of carbonyl (C=O) groups excluding carboxylic acids is 2. The second-order valence-electron chi connectivity index (χ2n) is 12.8. The van der Waals surface area contributed by atoms with E-state index in [0.717, 1.165) is 18.1 Å². The van der Waals surface area contributed by atoms with Crippen molar-refractivity contribution in [2.45, 2.75) is 106 Å². The molecule has 0 bridgehead atoms. The van der Waals surface area contributed by atoms with Gasteiger partial charge in [-0.2, -0.15) is 18.4 Å². The lowest BCUT2D eigenvalue weighted by Crippen LogP contribution is -2.32. The van der Waals surface area contributed by atoms with Gasteiger partial charge in [0, 0.05) is 19.3 Å². The Labute approximate surface area is 324 Å². The van der Waals surface area contributed by atoms with E-state index in [4.69, 9.17) is 10.00 Å². The maximum absolute atomic E-state index is 13.4. The van der Waals surface area contributed by atoms with E-state index in [9.17, 15) is 32.3 Å². The number of amides is 1. The fourth-order valence-electron chi connectivity index (χ4n) is 4.16. The van der Waals surface area contributed by atoms with E-state index < -0.39 is 29.5 Å². The first-order chi connectivity index (χ1) is 26.0. The molecule has 1 amide bonds. The number of aliphatic hydroxyl groups is 1. The topological polar surface area (TPSA) is 123 Å². The van der Waals surface area contributed by atoms with Crippen LogP contribution in [0.3, 0.4) is 0 Å². The lowest BCUT2D eigenvalue weighted by atomic mass is 10.00. The number of hydrogen-bond acceptors (Lipinski definition) is 7. The van der Waals surface area contributed by atoms with Gasteiger partial charge in [0.25, 0.3) is 0 Å². The second kappa shape index (κ2) is 25.8. The van der Waals surface area contributed by atoms with E-state index >= 15 is 0 Å². The fourth-order valence-corrected chi connectivity index (χ4v) is 4.16. The maximum atomic E-state index is 13.4. The molecule has 1 unspecified atom stereocenters. The Hall–Kier alpha value is -5.15. The van der Waals surface area contributed by atoms with Crippen LogP contribution in [0.5, 0.6) is 0 Å². The van der Waals surface area contributed by atoms with E-state index in [0.29, 0.717) is 39.9 Å². The van der Waals surface area contributed by atoms with E-state index in [1.54, 1.807) is 95.4 Å². The number of ether oxygens (including phenoxy) is 1. The normalized spacial score (nSPS) is 12.8.